The Balaban J connectivity index is 1.76. The van der Waals surface area contributed by atoms with Gasteiger partial charge < -0.3 is 19.9 Å². The van der Waals surface area contributed by atoms with Gasteiger partial charge >= 0.3 is 5.69 Å². The lowest BCUT2D eigenvalue weighted by atomic mass is 10.1. The summed E-state index contributed by atoms with van der Waals surface area (Å²) in [5.74, 6) is 0. The van der Waals surface area contributed by atoms with Crippen molar-refractivity contribution < 1.29 is 0 Å². The number of nitrogens with zero attached hydrogens (tertiary/aromatic N) is 2. The monoisotopic (exact) mass is 271 g/mol. The minimum absolute atomic E-state index is 0.173. The summed E-state index contributed by atoms with van der Waals surface area (Å²) in [4.78, 5) is 20.9. The Hall–Kier alpha value is -2.34. The third-order valence-electron chi connectivity index (χ3n) is 3.55. The van der Waals surface area contributed by atoms with Crippen LogP contribution in [0.3, 0.4) is 0 Å². The normalized spacial score (nSPS) is 12.9. The highest BCUT2D eigenvalue weighted by Gasteiger charge is 2.08. The lowest BCUT2D eigenvalue weighted by molar-refractivity contribution is 0.558. The van der Waals surface area contributed by atoms with Crippen LogP contribution in [0.15, 0.2) is 35.5 Å². The van der Waals surface area contributed by atoms with Crippen LogP contribution in [0.2, 0.25) is 0 Å². The zero-order valence-electron chi connectivity index (χ0n) is 11.5. The van der Waals surface area contributed by atoms with Gasteiger partial charge in [-0.2, -0.15) is 0 Å². The van der Waals surface area contributed by atoms with Crippen molar-refractivity contribution in [2.45, 2.75) is 19.5 Å². The number of aromatic nitrogens is 4. The number of rotatable bonds is 4. The Morgan fingerprint density at radius 2 is 2.15 bits per heavy atom. The molecule has 1 aromatic carbocycles. The minimum atomic E-state index is -0.173. The van der Waals surface area contributed by atoms with Gasteiger partial charge in [0.25, 0.3) is 0 Å². The van der Waals surface area contributed by atoms with E-state index in [0.717, 1.165) is 28.8 Å². The fraction of sp³-hybridized carbons (Fsp3) is 0.286. The average Bonchev–Trinajstić information content (AvgIpc) is 2.99. The molecule has 0 spiro atoms. The van der Waals surface area contributed by atoms with Crippen molar-refractivity contribution in [3.63, 3.8) is 0 Å². The van der Waals surface area contributed by atoms with E-state index in [1.54, 1.807) is 6.33 Å². The second kappa shape index (κ2) is 4.97. The maximum Gasteiger partial charge on any atom is 0.323 e. The van der Waals surface area contributed by atoms with E-state index in [2.05, 4.69) is 27.2 Å². The molecule has 0 aliphatic carbocycles. The molecule has 0 aliphatic rings. The molecule has 6 heteroatoms. The van der Waals surface area contributed by atoms with E-state index in [4.69, 9.17) is 0 Å². The smallest absolute Gasteiger partial charge is 0.323 e. The van der Waals surface area contributed by atoms with Crippen molar-refractivity contribution in [1.29, 1.82) is 0 Å². The molecule has 3 aromatic rings. The van der Waals surface area contributed by atoms with Gasteiger partial charge in [0.15, 0.2) is 0 Å². The van der Waals surface area contributed by atoms with Crippen LogP contribution in [0.5, 0.6) is 0 Å². The number of fused-ring (bicyclic) bond motifs is 1. The molecule has 2 heterocycles. The lowest BCUT2D eigenvalue weighted by Crippen LogP contribution is -2.19. The van der Waals surface area contributed by atoms with E-state index in [1.807, 2.05) is 36.0 Å². The Morgan fingerprint density at radius 1 is 1.35 bits per heavy atom. The minimum Gasteiger partial charge on any atom is -0.337 e. The molecular formula is C14H17N5O. The first-order chi connectivity index (χ1) is 9.63. The summed E-state index contributed by atoms with van der Waals surface area (Å²) in [6, 6.07) is 6.12. The van der Waals surface area contributed by atoms with Gasteiger partial charge in [0.2, 0.25) is 0 Å². The summed E-state index contributed by atoms with van der Waals surface area (Å²) < 4.78 is 1.99. The van der Waals surface area contributed by atoms with Crippen LogP contribution in [0, 0.1) is 0 Å². The van der Waals surface area contributed by atoms with Crippen LogP contribution in [-0.2, 0) is 13.6 Å². The molecule has 3 N–H and O–H groups in total. The fourth-order valence-corrected chi connectivity index (χ4v) is 2.25. The molecule has 6 nitrogen and oxygen atoms in total. The molecular weight excluding hydrogens is 254 g/mol. The van der Waals surface area contributed by atoms with Crippen molar-refractivity contribution in [3.8, 4) is 0 Å². The zero-order chi connectivity index (χ0) is 14.1. The third-order valence-corrected chi connectivity index (χ3v) is 3.55. The molecule has 2 aromatic heterocycles. The maximum atomic E-state index is 11.3. The lowest BCUT2D eigenvalue weighted by Gasteiger charge is -2.14. The molecule has 0 aliphatic heterocycles. The number of nitrogens with one attached hydrogen (secondary N) is 3. The average molecular weight is 271 g/mol. The maximum absolute atomic E-state index is 11.3. The number of hydrogen-bond acceptors (Lipinski definition) is 3. The van der Waals surface area contributed by atoms with E-state index < -0.39 is 0 Å². The predicted octanol–water partition coefficient (Wildman–Crippen LogP) is 1.44. The Kier molecular flexibility index (Phi) is 3.15. The van der Waals surface area contributed by atoms with Gasteiger partial charge in [-0.05, 0) is 24.6 Å². The van der Waals surface area contributed by atoms with Crippen LogP contribution in [0.25, 0.3) is 11.0 Å². The Morgan fingerprint density at radius 3 is 2.90 bits per heavy atom. The van der Waals surface area contributed by atoms with Crippen molar-refractivity contribution in [2.24, 2.45) is 7.05 Å². The quantitative estimate of drug-likeness (QED) is 0.672. The SMILES string of the molecule is CC(NCc1cncn1C)c1ccc2[nH]c(=O)[nH]c2c1. The van der Waals surface area contributed by atoms with Gasteiger partial charge in [-0.15, -0.1) is 0 Å². The van der Waals surface area contributed by atoms with E-state index in [0.29, 0.717) is 0 Å². The largest absolute Gasteiger partial charge is 0.337 e. The summed E-state index contributed by atoms with van der Waals surface area (Å²) in [5, 5.41) is 3.45. The third kappa shape index (κ3) is 2.37. The van der Waals surface area contributed by atoms with Crippen molar-refractivity contribution in [3.05, 3.63) is 52.5 Å². The van der Waals surface area contributed by atoms with Crippen LogP contribution < -0.4 is 11.0 Å². The molecule has 3 rings (SSSR count). The van der Waals surface area contributed by atoms with Crippen LogP contribution >= 0.6 is 0 Å². The molecule has 1 atom stereocenters. The van der Waals surface area contributed by atoms with Crippen molar-refractivity contribution in [2.75, 3.05) is 0 Å². The van der Waals surface area contributed by atoms with Gasteiger partial charge in [0.1, 0.15) is 0 Å². The van der Waals surface area contributed by atoms with Gasteiger partial charge in [0, 0.05) is 25.8 Å². The second-order valence-corrected chi connectivity index (χ2v) is 4.98. The standard InChI is InChI=1S/C14H17N5O/c1-9(16-7-11-6-15-8-19(11)2)10-3-4-12-13(5-10)18-14(20)17-12/h3-6,8-9,16H,7H2,1-2H3,(H2,17,18,20). The molecule has 0 saturated carbocycles. The fourth-order valence-electron chi connectivity index (χ4n) is 2.25. The Bertz CT molecular complexity index is 782. The first kappa shape index (κ1) is 12.7. The van der Waals surface area contributed by atoms with Crippen molar-refractivity contribution >= 4 is 11.0 Å². The van der Waals surface area contributed by atoms with Gasteiger partial charge in [0.05, 0.1) is 23.1 Å². The molecule has 104 valence electrons. The zero-order valence-corrected chi connectivity index (χ0v) is 11.5. The molecule has 0 bridgehead atoms. The molecule has 0 saturated heterocycles. The topological polar surface area (TPSA) is 78.5 Å². The highest BCUT2D eigenvalue weighted by Crippen LogP contribution is 2.17. The van der Waals surface area contributed by atoms with Crippen LogP contribution in [0.1, 0.15) is 24.2 Å². The van der Waals surface area contributed by atoms with Crippen molar-refractivity contribution in [1.82, 2.24) is 24.8 Å². The number of H-pyrrole nitrogens is 2. The molecule has 20 heavy (non-hydrogen) atoms. The van der Waals surface area contributed by atoms with E-state index in [1.165, 1.54) is 0 Å². The summed E-state index contributed by atoms with van der Waals surface area (Å²) >= 11 is 0. The number of aryl methyl sites for hydroxylation is 1. The second-order valence-electron chi connectivity index (χ2n) is 4.98. The first-order valence-electron chi connectivity index (χ1n) is 6.54. The van der Waals surface area contributed by atoms with Gasteiger partial charge in [-0.1, -0.05) is 6.07 Å². The highest BCUT2D eigenvalue weighted by molar-refractivity contribution is 5.75. The Labute approximate surface area is 115 Å². The van der Waals surface area contributed by atoms with Crippen LogP contribution in [0.4, 0.5) is 0 Å². The van der Waals surface area contributed by atoms with Gasteiger partial charge in [-0.3, -0.25) is 0 Å². The molecule has 0 amide bonds. The predicted molar refractivity (Wildman–Crippen MR) is 77.4 cm³/mol. The van der Waals surface area contributed by atoms with E-state index in [9.17, 15) is 4.79 Å². The number of hydrogen-bond donors (Lipinski definition) is 3. The molecule has 1 unspecified atom stereocenters. The summed E-state index contributed by atoms with van der Waals surface area (Å²) in [6.07, 6.45) is 3.64. The first-order valence-corrected chi connectivity index (χ1v) is 6.54. The van der Waals surface area contributed by atoms with Crippen LogP contribution in [-0.4, -0.2) is 19.5 Å². The number of imidazole rings is 2. The summed E-state index contributed by atoms with van der Waals surface area (Å²) in [6.45, 7) is 2.85. The van der Waals surface area contributed by atoms with Gasteiger partial charge in [-0.25, -0.2) is 9.78 Å². The van der Waals surface area contributed by atoms with E-state index in [-0.39, 0.29) is 11.7 Å². The highest BCUT2D eigenvalue weighted by atomic mass is 16.1. The number of aromatic amines is 2. The summed E-state index contributed by atoms with van der Waals surface area (Å²) in [7, 11) is 1.98. The molecule has 0 fully saturated rings. The summed E-state index contributed by atoms with van der Waals surface area (Å²) in [5.41, 5.74) is 3.76. The number of benzene rings is 1. The molecule has 0 radical (unpaired) electrons. The van der Waals surface area contributed by atoms with E-state index >= 15 is 0 Å².